The first-order valence-electron chi connectivity index (χ1n) is 19.0. The Balaban J connectivity index is 1.13. The number of fused-ring (bicyclic) bond motifs is 4. The molecule has 47 heavy (non-hydrogen) atoms. The van der Waals surface area contributed by atoms with E-state index >= 15 is 0 Å². The van der Waals surface area contributed by atoms with Gasteiger partial charge < -0.3 is 34.2 Å². The van der Waals surface area contributed by atoms with E-state index in [0.29, 0.717) is 18.3 Å². The first-order chi connectivity index (χ1) is 22.0. The molecule has 9 nitrogen and oxygen atoms in total. The topological polar surface area (TPSA) is 109 Å². The highest BCUT2D eigenvalue weighted by molar-refractivity contribution is 5.69. The predicted molar refractivity (Wildman–Crippen MR) is 175 cm³/mol. The summed E-state index contributed by atoms with van der Waals surface area (Å²) in [5.41, 5.74) is -1.34. The van der Waals surface area contributed by atoms with Crippen LogP contribution in [0.5, 0.6) is 0 Å². The lowest BCUT2D eigenvalue weighted by Gasteiger charge is -2.63. The van der Waals surface area contributed by atoms with Crippen molar-refractivity contribution < 1.29 is 34.0 Å². The van der Waals surface area contributed by atoms with Gasteiger partial charge >= 0.3 is 12.2 Å². The third kappa shape index (κ3) is 4.17. The van der Waals surface area contributed by atoms with Gasteiger partial charge in [-0.25, -0.2) is 9.59 Å². The summed E-state index contributed by atoms with van der Waals surface area (Å²) in [6.07, 6.45) is 7.73. The molecule has 13 atom stereocenters. The van der Waals surface area contributed by atoms with Crippen molar-refractivity contribution in [3.05, 3.63) is 0 Å². The molecule has 2 spiro atoms. The largest absolute Gasteiger partial charge is 0.446 e. The lowest BCUT2D eigenvalue weighted by molar-refractivity contribution is -0.203. The van der Waals surface area contributed by atoms with Crippen molar-refractivity contribution in [3.8, 4) is 0 Å². The van der Waals surface area contributed by atoms with Crippen molar-refractivity contribution >= 4 is 12.2 Å². The molecule has 0 aromatic rings. The van der Waals surface area contributed by atoms with Gasteiger partial charge in [0.25, 0.3) is 0 Å². The molecule has 8 fully saturated rings. The molecular weight excluding hydrogens is 596 g/mol. The fraction of sp³-hybridized carbons (Fsp3) is 0.947. The van der Waals surface area contributed by atoms with Crippen LogP contribution in [0.25, 0.3) is 0 Å². The maximum atomic E-state index is 13.7. The fourth-order valence-electron chi connectivity index (χ4n) is 13.7. The molecule has 0 aromatic carbocycles. The van der Waals surface area contributed by atoms with Crippen LogP contribution in [0.15, 0.2) is 0 Å². The van der Waals surface area contributed by atoms with Crippen molar-refractivity contribution in [2.45, 2.75) is 149 Å². The monoisotopic (exact) mass is 656 g/mol. The molecule has 8 rings (SSSR count). The van der Waals surface area contributed by atoms with Gasteiger partial charge in [0, 0.05) is 37.0 Å². The highest BCUT2D eigenvalue weighted by atomic mass is 16.6. The van der Waals surface area contributed by atoms with Crippen LogP contribution in [0.2, 0.25) is 0 Å². The molecular formula is C38H60N2O7. The Kier molecular flexibility index (Phi) is 7.11. The smallest absolute Gasteiger partial charge is 0.410 e. The number of carbonyl (C=O) groups excluding carboxylic acids is 2. The number of nitrogens with zero attached hydrogens (tertiary/aromatic N) is 2. The van der Waals surface area contributed by atoms with E-state index in [2.05, 4.69) is 34.6 Å². The van der Waals surface area contributed by atoms with Crippen LogP contribution < -0.4 is 0 Å². The maximum Gasteiger partial charge on any atom is 0.410 e. The molecule has 9 heteroatoms. The summed E-state index contributed by atoms with van der Waals surface area (Å²) in [6, 6.07) is 0. The number of carbonyl (C=O) groups is 2. The van der Waals surface area contributed by atoms with Crippen LogP contribution in [-0.4, -0.2) is 94.5 Å². The Morgan fingerprint density at radius 1 is 0.872 bits per heavy atom. The third-order valence-electron chi connectivity index (χ3n) is 16.5. The fourth-order valence-corrected chi connectivity index (χ4v) is 13.7. The molecule has 2 N–H and O–H groups in total. The minimum absolute atomic E-state index is 0.0576. The van der Waals surface area contributed by atoms with Crippen molar-refractivity contribution in [1.29, 1.82) is 0 Å². The van der Waals surface area contributed by atoms with Gasteiger partial charge in [0.05, 0.1) is 17.8 Å². The average Bonchev–Trinajstić information content (AvgIpc) is 3.55. The van der Waals surface area contributed by atoms with Gasteiger partial charge in [0.1, 0.15) is 18.3 Å². The van der Waals surface area contributed by atoms with E-state index in [1.807, 2.05) is 9.80 Å². The van der Waals surface area contributed by atoms with Crippen LogP contribution in [0.3, 0.4) is 0 Å². The Labute approximate surface area is 281 Å². The van der Waals surface area contributed by atoms with E-state index < -0.39 is 23.9 Å². The molecule has 0 bridgehead atoms. The number of likely N-dealkylation sites (tertiary alicyclic amines) is 2. The summed E-state index contributed by atoms with van der Waals surface area (Å²) in [6.45, 7) is 18.3. The summed E-state index contributed by atoms with van der Waals surface area (Å²) >= 11 is 0. The predicted octanol–water partition coefficient (Wildman–Crippen LogP) is 5.99. The molecule has 5 aliphatic carbocycles. The van der Waals surface area contributed by atoms with Crippen molar-refractivity contribution in [2.75, 3.05) is 26.2 Å². The van der Waals surface area contributed by atoms with E-state index in [1.165, 1.54) is 12.8 Å². The van der Waals surface area contributed by atoms with E-state index in [0.717, 1.165) is 71.1 Å². The number of aliphatic hydroxyl groups excluding tert-OH is 1. The molecule has 3 heterocycles. The Morgan fingerprint density at radius 2 is 1.47 bits per heavy atom. The van der Waals surface area contributed by atoms with E-state index in [4.69, 9.17) is 14.2 Å². The van der Waals surface area contributed by atoms with E-state index in [9.17, 15) is 19.8 Å². The van der Waals surface area contributed by atoms with Crippen LogP contribution in [0, 0.1) is 50.7 Å². The molecule has 3 aliphatic heterocycles. The molecule has 0 radical (unpaired) electrons. The molecule has 264 valence electrons. The zero-order valence-corrected chi connectivity index (χ0v) is 29.9. The van der Waals surface area contributed by atoms with Gasteiger partial charge in [-0.05, 0) is 118 Å². The average molecular weight is 657 g/mol. The summed E-state index contributed by atoms with van der Waals surface area (Å²) in [7, 11) is 0. The number of ether oxygens (including phenoxy) is 3. The lowest BCUT2D eigenvalue weighted by atomic mass is 9.41. The normalized spacial score (nSPS) is 49.9. The van der Waals surface area contributed by atoms with E-state index in [-0.39, 0.29) is 63.3 Å². The maximum absolute atomic E-state index is 13.7. The van der Waals surface area contributed by atoms with Gasteiger partial charge in [-0.1, -0.05) is 34.6 Å². The SMILES string of the molecule is C[C@@H]1CC([C@H](O)C(C)(C)O)OC2C1[C@@]1(C)CC[C@@]34C[C@@]35CCC(OC(=O)N3CCC3)C(C)(C)[C@@H]5CCC4[C@]1(C)[C@H]2OC(=O)N1CCC1. The first kappa shape index (κ1) is 32.6. The van der Waals surface area contributed by atoms with E-state index in [1.54, 1.807) is 13.8 Å². The quantitative estimate of drug-likeness (QED) is 0.383. The number of rotatable bonds is 4. The van der Waals surface area contributed by atoms with Crippen molar-refractivity contribution in [2.24, 2.45) is 50.7 Å². The highest BCUT2D eigenvalue weighted by Crippen LogP contribution is 2.89. The summed E-state index contributed by atoms with van der Waals surface area (Å²) in [5.74, 6) is 1.34. The van der Waals surface area contributed by atoms with Crippen molar-refractivity contribution in [3.63, 3.8) is 0 Å². The zero-order chi connectivity index (χ0) is 33.5. The standard InChI is InChI=1S/C38H60N2O7/c1-22-20-23(29(41)34(4,5)44)45-28-27(22)35(6)14-15-38-21-37(38)13-12-26(46-31(42)39-16-8-17-39)33(2,3)24(37)10-11-25(38)36(35,7)30(28)47-32(43)40-18-9-19-40/h22-30,41,44H,8-21H2,1-7H3/t22-,23?,24+,25?,26?,27?,28?,29+,30+,35-,36-,37-,38+/m1/s1. The molecule has 5 saturated carbocycles. The first-order valence-corrected chi connectivity index (χ1v) is 19.0. The van der Waals surface area contributed by atoms with Gasteiger partial charge in [-0.3, -0.25) is 0 Å². The number of amides is 2. The van der Waals surface area contributed by atoms with Crippen LogP contribution in [0.1, 0.15) is 113 Å². The number of aliphatic hydroxyl groups is 2. The summed E-state index contributed by atoms with van der Waals surface area (Å²) in [4.78, 5) is 30.3. The van der Waals surface area contributed by atoms with Gasteiger partial charge in [-0.2, -0.15) is 0 Å². The Hall–Kier alpha value is -1.58. The minimum atomic E-state index is -1.29. The second kappa shape index (κ2) is 10.2. The number of hydrogen-bond acceptors (Lipinski definition) is 7. The minimum Gasteiger partial charge on any atom is -0.446 e. The highest BCUT2D eigenvalue weighted by Gasteiger charge is 2.85. The molecule has 2 amide bonds. The van der Waals surface area contributed by atoms with Crippen LogP contribution >= 0.6 is 0 Å². The Morgan fingerprint density at radius 3 is 2.06 bits per heavy atom. The third-order valence-corrected chi connectivity index (χ3v) is 16.5. The van der Waals surface area contributed by atoms with Gasteiger partial charge in [-0.15, -0.1) is 0 Å². The Bertz CT molecular complexity index is 1310. The molecule has 5 unspecified atom stereocenters. The van der Waals surface area contributed by atoms with Gasteiger partial charge in [0.15, 0.2) is 0 Å². The lowest BCUT2D eigenvalue weighted by Crippen LogP contribution is -2.61. The molecule has 8 aliphatic rings. The zero-order valence-electron chi connectivity index (χ0n) is 29.9. The van der Waals surface area contributed by atoms with Crippen molar-refractivity contribution in [1.82, 2.24) is 9.80 Å². The molecule has 0 aromatic heterocycles. The van der Waals surface area contributed by atoms with Crippen LogP contribution in [0.4, 0.5) is 9.59 Å². The molecule has 3 saturated heterocycles. The summed E-state index contributed by atoms with van der Waals surface area (Å²) < 4.78 is 19.9. The number of hydrogen-bond donors (Lipinski definition) is 2. The second-order valence-corrected chi connectivity index (χ2v) is 19.1. The van der Waals surface area contributed by atoms with Crippen LogP contribution in [-0.2, 0) is 14.2 Å². The summed E-state index contributed by atoms with van der Waals surface area (Å²) in [5, 5.41) is 22.0. The second-order valence-electron chi connectivity index (χ2n) is 19.1. The van der Waals surface area contributed by atoms with Gasteiger partial charge in [0.2, 0.25) is 0 Å².